The molecule has 1 aromatic heterocycles. The van der Waals surface area contributed by atoms with E-state index in [4.69, 9.17) is 0 Å². The summed E-state index contributed by atoms with van der Waals surface area (Å²) in [4.78, 5) is 4.65. The highest BCUT2D eigenvalue weighted by molar-refractivity contribution is 7.99. The molecule has 0 aliphatic heterocycles. The van der Waals surface area contributed by atoms with Gasteiger partial charge in [-0.25, -0.2) is 0 Å². The lowest BCUT2D eigenvalue weighted by Crippen LogP contribution is -2.19. The summed E-state index contributed by atoms with van der Waals surface area (Å²) >= 11 is 1.54. The van der Waals surface area contributed by atoms with E-state index in [0.717, 1.165) is 17.1 Å². The molecule has 0 saturated heterocycles. The smallest absolute Gasteiger partial charge is 0.422 e. The molecule has 0 atom stereocenters. The number of aromatic nitrogens is 1. The van der Waals surface area contributed by atoms with E-state index < -0.39 is 12.8 Å². The Kier molecular flexibility index (Phi) is 4.92. The summed E-state index contributed by atoms with van der Waals surface area (Å²) in [5, 5.41) is 0. The van der Waals surface area contributed by atoms with Crippen LogP contribution < -0.4 is 4.74 Å². The molecule has 1 heterocycles. The molecule has 0 aliphatic carbocycles. The van der Waals surface area contributed by atoms with Crippen LogP contribution in [0.4, 0.5) is 13.2 Å². The van der Waals surface area contributed by atoms with Gasteiger partial charge in [0.1, 0.15) is 5.75 Å². The predicted octanol–water partition coefficient (Wildman–Crippen LogP) is 3.52. The first-order valence-electron chi connectivity index (χ1n) is 4.78. The van der Waals surface area contributed by atoms with E-state index in [1.54, 1.807) is 24.0 Å². The van der Waals surface area contributed by atoms with Crippen LogP contribution in [0.5, 0.6) is 5.75 Å². The van der Waals surface area contributed by atoms with Gasteiger partial charge >= 0.3 is 6.18 Å². The Morgan fingerprint density at radius 2 is 2.12 bits per heavy atom. The second-order valence-corrected chi connectivity index (χ2v) is 4.28. The second-order valence-electron chi connectivity index (χ2n) is 3.11. The first-order valence-corrected chi connectivity index (χ1v) is 5.77. The minimum absolute atomic E-state index is 0.151. The molecule has 2 nitrogen and oxygen atoms in total. The van der Waals surface area contributed by atoms with Gasteiger partial charge in [0.25, 0.3) is 0 Å². The Balaban J connectivity index is 2.53. The molecule has 0 radical (unpaired) electrons. The Morgan fingerprint density at radius 1 is 1.38 bits per heavy atom. The van der Waals surface area contributed by atoms with E-state index in [0.29, 0.717) is 0 Å². The van der Waals surface area contributed by atoms with Gasteiger partial charge in [-0.3, -0.25) is 4.98 Å². The molecule has 6 heteroatoms. The van der Waals surface area contributed by atoms with Gasteiger partial charge < -0.3 is 4.74 Å². The summed E-state index contributed by atoms with van der Waals surface area (Å²) in [5.74, 6) is 1.06. The van der Waals surface area contributed by atoms with Crippen LogP contribution >= 0.6 is 11.8 Å². The number of halogens is 3. The number of alkyl halides is 3. The highest BCUT2D eigenvalue weighted by Crippen LogP contribution is 2.23. The number of pyridine rings is 1. The normalized spacial score (nSPS) is 11.5. The number of thioether (sulfide) groups is 1. The third-order valence-corrected chi connectivity index (χ3v) is 2.73. The SMILES string of the molecule is CCCSc1cncc(OCC(F)(F)F)c1. The zero-order chi connectivity index (χ0) is 12.0. The average Bonchev–Trinajstić information content (AvgIpc) is 2.23. The van der Waals surface area contributed by atoms with Gasteiger partial charge in [0, 0.05) is 11.1 Å². The maximum absolute atomic E-state index is 11.9. The topological polar surface area (TPSA) is 22.1 Å². The van der Waals surface area contributed by atoms with Crippen LogP contribution in [0, 0.1) is 0 Å². The molecule has 0 N–H and O–H groups in total. The molecule has 90 valence electrons. The quantitative estimate of drug-likeness (QED) is 0.747. The van der Waals surface area contributed by atoms with Crippen molar-refractivity contribution in [1.29, 1.82) is 0 Å². The van der Waals surface area contributed by atoms with Gasteiger partial charge in [0.2, 0.25) is 0 Å². The summed E-state index contributed by atoms with van der Waals surface area (Å²) in [7, 11) is 0. The van der Waals surface area contributed by atoms with Crippen LogP contribution in [-0.2, 0) is 0 Å². The largest absolute Gasteiger partial charge is 0.482 e. The fraction of sp³-hybridized carbons (Fsp3) is 0.500. The van der Waals surface area contributed by atoms with Crippen LogP contribution in [-0.4, -0.2) is 23.5 Å². The number of hydrogen-bond acceptors (Lipinski definition) is 3. The molecule has 0 spiro atoms. The fourth-order valence-electron chi connectivity index (χ4n) is 0.942. The highest BCUT2D eigenvalue weighted by Gasteiger charge is 2.28. The van der Waals surface area contributed by atoms with Gasteiger partial charge in [0.15, 0.2) is 6.61 Å². The molecule has 0 fully saturated rings. The lowest BCUT2D eigenvalue weighted by molar-refractivity contribution is -0.153. The third kappa shape index (κ3) is 5.25. The summed E-state index contributed by atoms with van der Waals surface area (Å²) in [6.07, 6.45) is -0.423. The fourth-order valence-corrected chi connectivity index (χ4v) is 1.72. The minimum Gasteiger partial charge on any atom is -0.482 e. The van der Waals surface area contributed by atoms with E-state index >= 15 is 0 Å². The number of hydrogen-bond donors (Lipinski definition) is 0. The van der Waals surface area contributed by atoms with E-state index in [2.05, 4.69) is 9.72 Å². The lowest BCUT2D eigenvalue weighted by atomic mass is 10.4. The molecule has 0 saturated carbocycles. The number of rotatable bonds is 5. The van der Waals surface area contributed by atoms with Crippen LogP contribution in [0.2, 0.25) is 0 Å². The molecule has 0 aromatic carbocycles. The van der Waals surface area contributed by atoms with Gasteiger partial charge in [-0.05, 0) is 18.2 Å². The highest BCUT2D eigenvalue weighted by atomic mass is 32.2. The van der Waals surface area contributed by atoms with Gasteiger partial charge in [-0.2, -0.15) is 13.2 Å². The van der Waals surface area contributed by atoms with Crippen molar-refractivity contribution < 1.29 is 17.9 Å². The Morgan fingerprint density at radius 3 is 2.75 bits per heavy atom. The van der Waals surface area contributed by atoms with Crippen molar-refractivity contribution in [2.24, 2.45) is 0 Å². The van der Waals surface area contributed by atoms with Gasteiger partial charge in [0.05, 0.1) is 6.20 Å². The standard InChI is InChI=1S/C10H12F3NOS/c1-2-3-16-9-4-8(5-14-6-9)15-7-10(11,12)13/h4-6H,2-3,7H2,1H3. The molecule has 1 aromatic rings. The van der Waals surface area contributed by atoms with Crippen LogP contribution in [0.15, 0.2) is 23.4 Å². The molecule has 0 amide bonds. The van der Waals surface area contributed by atoms with E-state index in [1.807, 2.05) is 6.92 Å². The molecule has 1 rings (SSSR count). The van der Waals surface area contributed by atoms with Gasteiger partial charge in [-0.1, -0.05) is 6.92 Å². The van der Waals surface area contributed by atoms with E-state index in [1.165, 1.54) is 6.20 Å². The number of ether oxygens (including phenoxy) is 1. The molecule has 0 bridgehead atoms. The average molecular weight is 251 g/mol. The molecule has 16 heavy (non-hydrogen) atoms. The van der Waals surface area contributed by atoms with Crippen molar-refractivity contribution in [1.82, 2.24) is 4.98 Å². The van der Waals surface area contributed by atoms with Crippen molar-refractivity contribution in [3.63, 3.8) is 0 Å². The monoisotopic (exact) mass is 251 g/mol. The molecular formula is C10H12F3NOS. The van der Waals surface area contributed by atoms with E-state index in [9.17, 15) is 13.2 Å². The number of nitrogens with zero attached hydrogens (tertiary/aromatic N) is 1. The zero-order valence-electron chi connectivity index (χ0n) is 8.75. The van der Waals surface area contributed by atoms with Crippen molar-refractivity contribution in [2.75, 3.05) is 12.4 Å². The van der Waals surface area contributed by atoms with Crippen molar-refractivity contribution >= 4 is 11.8 Å². The molecule has 0 aliphatic rings. The summed E-state index contributed by atoms with van der Waals surface area (Å²) in [6, 6.07) is 1.57. The first kappa shape index (κ1) is 13.2. The molecular weight excluding hydrogens is 239 g/mol. The van der Waals surface area contributed by atoms with Crippen molar-refractivity contribution in [2.45, 2.75) is 24.4 Å². The van der Waals surface area contributed by atoms with Crippen LogP contribution in [0.3, 0.4) is 0 Å². The first-order chi connectivity index (χ1) is 7.51. The van der Waals surface area contributed by atoms with Crippen molar-refractivity contribution in [3.05, 3.63) is 18.5 Å². The summed E-state index contributed by atoms with van der Waals surface area (Å²) < 4.78 is 40.3. The van der Waals surface area contributed by atoms with Crippen LogP contribution in [0.25, 0.3) is 0 Å². The zero-order valence-corrected chi connectivity index (χ0v) is 9.57. The lowest BCUT2D eigenvalue weighted by Gasteiger charge is -2.09. The maximum atomic E-state index is 11.9. The Hall–Kier alpha value is -0.910. The second kappa shape index (κ2) is 5.98. The van der Waals surface area contributed by atoms with E-state index in [-0.39, 0.29) is 5.75 Å². The Labute approximate surface area is 96.2 Å². The maximum Gasteiger partial charge on any atom is 0.422 e. The predicted molar refractivity (Wildman–Crippen MR) is 56.8 cm³/mol. The van der Waals surface area contributed by atoms with Crippen molar-refractivity contribution in [3.8, 4) is 5.75 Å². The summed E-state index contributed by atoms with van der Waals surface area (Å²) in [6.45, 7) is 0.751. The third-order valence-electron chi connectivity index (χ3n) is 1.56. The molecule has 0 unspecified atom stereocenters. The van der Waals surface area contributed by atoms with Crippen LogP contribution in [0.1, 0.15) is 13.3 Å². The summed E-state index contributed by atoms with van der Waals surface area (Å²) in [5.41, 5.74) is 0. The van der Waals surface area contributed by atoms with Gasteiger partial charge in [-0.15, -0.1) is 11.8 Å². The minimum atomic E-state index is -4.31. The Bertz CT molecular complexity index is 330.